The Hall–Kier alpha value is -2.54. The lowest BCUT2D eigenvalue weighted by molar-refractivity contribution is -0.123. The molecular formula is C24H32N2O4S. The Bertz CT molecular complexity index is 1110. The van der Waals surface area contributed by atoms with E-state index in [9.17, 15) is 13.2 Å². The average molecular weight is 445 g/mol. The number of carbonyl (C=O) groups is 1. The van der Waals surface area contributed by atoms with E-state index in [0.29, 0.717) is 12.1 Å². The van der Waals surface area contributed by atoms with Crippen molar-refractivity contribution in [2.75, 3.05) is 10.6 Å². The van der Waals surface area contributed by atoms with Gasteiger partial charge in [-0.1, -0.05) is 29.8 Å². The van der Waals surface area contributed by atoms with Crippen molar-refractivity contribution in [2.24, 2.45) is 0 Å². The number of benzene rings is 2. The van der Waals surface area contributed by atoms with E-state index in [1.807, 2.05) is 65.0 Å². The van der Waals surface area contributed by atoms with Crippen LogP contribution in [0.4, 0.5) is 5.69 Å². The van der Waals surface area contributed by atoms with Gasteiger partial charge in [-0.15, -0.1) is 0 Å². The van der Waals surface area contributed by atoms with Gasteiger partial charge < -0.3 is 10.1 Å². The van der Waals surface area contributed by atoms with E-state index in [0.717, 1.165) is 34.3 Å². The summed E-state index contributed by atoms with van der Waals surface area (Å²) in [6, 6.07) is 10.3. The summed E-state index contributed by atoms with van der Waals surface area (Å²) in [6.07, 6.45) is 1.72. The molecule has 1 aliphatic heterocycles. The van der Waals surface area contributed by atoms with Crippen LogP contribution < -0.4 is 14.4 Å². The molecule has 1 heterocycles. The molecule has 0 fully saturated rings. The highest BCUT2D eigenvalue weighted by Crippen LogP contribution is 2.40. The van der Waals surface area contributed by atoms with Crippen LogP contribution in [0.5, 0.6) is 5.75 Å². The first-order valence-corrected chi connectivity index (χ1v) is 12.3. The van der Waals surface area contributed by atoms with Crippen LogP contribution in [0, 0.1) is 20.8 Å². The number of ether oxygens (including phenoxy) is 1. The van der Waals surface area contributed by atoms with Gasteiger partial charge in [0.15, 0.2) is 0 Å². The first-order valence-electron chi connectivity index (χ1n) is 10.4. The number of aryl methyl sites for hydroxylation is 3. The van der Waals surface area contributed by atoms with Gasteiger partial charge in [-0.2, -0.15) is 0 Å². The smallest absolute Gasteiger partial charge is 0.244 e. The molecule has 3 rings (SSSR count). The molecule has 2 aromatic carbocycles. The van der Waals surface area contributed by atoms with Crippen LogP contribution in [0.2, 0.25) is 0 Å². The van der Waals surface area contributed by atoms with E-state index in [2.05, 4.69) is 5.32 Å². The number of fused-ring (bicyclic) bond motifs is 1. The van der Waals surface area contributed by atoms with Gasteiger partial charge in [-0.25, -0.2) is 8.42 Å². The monoisotopic (exact) mass is 444 g/mol. The van der Waals surface area contributed by atoms with Crippen LogP contribution in [0.3, 0.4) is 0 Å². The van der Waals surface area contributed by atoms with Gasteiger partial charge in [-0.3, -0.25) is 9.10 Å². The van der Waals surface area contributed by atoms with Gasteiger partial charge in [0.2, 0.25) is 15.9 Å². The minimum absolute atomic E-state index is 0.270. The van der Waals surface area contributed by atoms with E-state index < -0.39 is 21.7 Å². The molecular weight excluding hydrogens is 412 g/mol. The fourth-order valence-corrected chi connectivity index (χ4v) is 5.36. The van der Waals surface area contributed by atoms with Crippen LogP contribution >= 0.6 is 0 Å². The van der Waals surface area contributed by atoms with E-state index in [-0.39, 0.29) is 11.9 Å². The standard InChI is InChI=1S/C24H32N2O4S/c1-15-9-11-22-19(12-15)20(14-24(5,6)30-22)25-23(27)18(4)26(31(7,28)29)21-13-16(2)8-10-17(21)3/h8-13,18,20H,14H2,1-7H3,(H,25,27)/t18-,20+/m1/s1. The van der Waals surface area contributed by atoms with Crippen LogP contribution in [-0.4, -0.2) is 32.2 Å². The Morgan fingerprint density at radius 1 is 1.13 bits per heavy atom. The molecule has 0 bridgehead atoms. The molecule has 2 atom stereocenters. The lowest BCUT2D eigenvalue weighted by Gasteiger charge is -2.39. The van der Waals surface area contributed by atoms with E-state index in [1.54, 1.807) is 13.0 Å². The largest absolute Gasteiger partial charge is 0.487 e. The third kappa shape index (κ3) is 5.03. The predicted molar refractivity (Wildman–Crippen MR) is 124 cm³/mol. The fourth-order valence-electron chi connectivity index (χ4n) is 4.13. The molecule has 168 valence electrons. The Labute approximate surface area is 185 Å². The number of nitrogens with zero attached hydrogens (tertiary/aromatic N) is 1. The summed E-state index contributed by atoms with van der Waals surface area (Å²) in [6.45, 7) is 11.3. The molecule has 0 unspecified atom stereocenters. The summed E-state index contributed by atoms with van der Waals surface area (Å²) in [7, 11) is -3.68. The van der Waals surface area contributed by atoms with E-state index in [4.69, 9.17) is 4.74 Å². The highest BCUT2D eigenvalue weighted by molar-refractivity contribution is 7.92. The summed E-state index contributed by atoms with van der Waals surface area (Å²) in [5.74, 6) is 0.399. The van der Waals surface area contributed by atoms with Crippen LogP contribution in [0.25, 0.3) is 0 Å². The SMILES string of the molecule is Cc1ccc2c(c1)[C@@H](NC(=O)[C@@H](C)N(c1cc(C)ccc1C)S(C)(=O)=O)CC(C)(C)O2. The van der Waals surface area contributed by atoms with Crippen molar-refractivity contribution < 1.29 is 17.9 Å². The normalized spacial score (nSPS) is 18.5. The molecule has 2 aromatic rings. The fraction of sp³-hybridized carbons (Fsp3) is 0.458. The van der Waals surface area contributed by atoms with Gasteiger partial charge >= 0.3 is 0 Å². The van der Waals surface area contributed by atoms with Gasteiger partial charge in [0, 0.05) is 12.0 Å². The maximum absolute atomic E-state index is 13.3. The predicted octanol–water partition coefficient (Wildman–Crippen LogP) is 4.18. The highest BCUT2D eigenvalue weighted by Gasteiger charge is 2.37. The summed E-state index contributed by atoms with van der Waals surface area (Å²) >= 11 is 0. The van der Waals surface area contributed by atoms with Crippen molar-refractivity contribution >= 4 is 21.6 Å². The maximum Gasteiger partial charge on any atom is 0.244 e. The Balaban J connectivity index is 1.95. The summed E-state index contributed by atoms with van der Waals surface area (Å²) in [5, 5.41) is 3.09. The molecule has 6 nitrogen and oxygen atoms in total. The molecule has 0 saturated heterocycles. The Morgan fingerprint density at radius 2 is 1.74 bits per heavy atom. The molecule has 1 aliphatic rings. The molecule has 1 N–H and O–H groups in total. The number of anilines is 1. The molecule has 0 aromatic heterocycles. The maximum atomic E-state index is 13.3. The molecule has 31 heavy (non-hydrogen) atoms. The van der Waals surface area contributed by atoms with Crippen molar-refractivity contribution in [1.29, 1.82) is 0 Å². The van der Waals surface area contributed by atoms with Gasteiger partial charge in [0.1, 0.15) is 17.4 Å². The van der Waals surface area contributed by atoms with Crippen molar-refractivity contribution in [3.63, 3.8) is 0 Å². The zero-order chi connectivity index (χ0) is 23.1. The number of rotatable bonds is 5. The van der Waals surface area contributed by atoms with Crippen LogP contribution in [0.1, 0.15) is 55.5 Å². The van der Waals surface area contributed by atoms with Crippen molar-refractivity contribution in [3.8, 4) is 5.75 Å². The lowest BCUT2D eigenvalue weighted by Crippen LogP contribution is -2.50. The van der Waals surface area contributed by atoms with E-state index in [1.165, 1.54) is 4.31 Å². The summed E-state index contributed by atoms with van der Waals surface area (Å²) in [5.41, 5.74) is 3.78. The minimum atomic E-state index is -3.68. The topological polar surface area (TPSA) is 75.7 Å². The zero-order valence-corrected chi connectivity index (χ0v) is 20.1. The lowest BCUT2D eigenvalue weighted by atomic mass is 9.88. The minimum Gasteiger partial charge on any atom is -0.487 e. The number of sulfonamides is 1. The first-order chi connectivity index (χ1) is 14.3. The number of amides is 1. The van der Waals surface area contributed by atoms with Crippen molar-refractivity contribution in [1.82, 2.24) is 5.32 Å². The van der Waals surface area contributed by atoms with Gasteiger partial charge in [0.05, 0.1) is 18.0 Å². The van der Waals surface area contributed by atoms with E-state index >= 15 is 0 Å². The second kappa shape index (κ2) is 8.19. The summed E-state index contributed by atoms with van der Waals surface area (Å²) < 4.78 is 32.7. The zero-order valence-electron chi connectivity index (χ0n) is 19.3. The number of hydrogen-bond acceptors (Lipinski definition) is 4. The Morgan fingerprint density at radius 3 is 2.39 bits per heavy atom. The second-order valence-electron chi connectivity index (χ2n) is 9.19. The number of hydrogen-bond donors (Lipinski definition) is 1. The molecule has 0 radical (unpaired) electrons. The van der Waals surface area contributed by atoms with Gasteiger partial charge in [-0.05, 0) is 64.8 Å². The average Bonchev–Trinajstić information content (AvgIpc) is 2.63. The molecule has 1 amide bonds. The summed E-state index contributed by atoms with van der Waals surface area (Å²) in [4.78, 5) is 13.3. The van der Waals surface area contributed by atoms with Crippen LogP contribution in [0.15, 0.2) is 36.4 Å². The number of nitrogens with one attached hydrogen (secondary N) is 1. The second-order valence-corrected chi connectivity index (χ2v) is 11.1. The molecule has 0 aliphatic carbocycles. The first kappa shape index (κ1) is 23.1. The van der Waals surface area contributed by atoms with Gasteiger partial charge in [0.25, 0.3) is 0 Å². The third-order valence-electron chi connectivity index (χ3n) is 5.63. The van der Waals surface area contributed by atoms with Crippen molar-refractivity contribution in [2.45, 2.75) is 65.6 Å². The number of carbonyl (C=O) groups excluding carboxylic acids is 1. The van der Waals surface area contributed by atoms with Crippen molar-refractivity contribution in [3.05, 3.63) is 58.7 Å². The molecule has 7 heteroatoms. The third-order valence-corrected chi connectivity index (χ3v) is 6.86. The molecule has 0 saturated carbocycles. The van der Waals surface area contributed by atoms with Crippen LogP contribution in [-0.2, 0) is 14.8 Å². The molecule has 0 spiro atoms. The quantitative estimate of drug-likeness (QED) is 0.750. The Kier molecular flexibility index (Phi) is 6.11. The highest BCUT2D eigenvalue weighted by atomic mass is 32.2.